The van der Waals surface area contributed by atoms with Crippen LogP contribution < -0.4 is 14.4 Å². The number of amides is 1. The van der Waals surface area contributed by atoms with Gasteiger partial charge in [-0.3, -0.25) is 9.10 Å². The Morgan fingerprint density at radius 1 is 0.967 bits per heavy atom. The topological polar surface area (TPSA) is 75.7 Å². The van der Waals surface area contributed by atoms with E-state index in [0.717, 1.165) is 17.7 Å². The zero-order valence-electron chi connectivity index (χ0n) is 17.1. The number of ether oxygens (including phenoxy) is 1. The molecule has 0 atom stereocenters. The lowest BCUT2D eigenvalue weighted by molar-refractivity contribution is 0.102. The van der Waals surface area contributed by atoms with Crippen LogP contribution in [0.5, 0.6) is 5.75 Å². The van der Waals surface area contributed by atoms with Crippen LogP contribution in [-0.4, -0.2) is 28.5 Å². The van der Waals surface area contributed by atoms with Gasteiger partial charge in [0, 0.05) is 18.3 Å². The molecule has 0 spiro atoms. The third kappa shape index (κ3) is 4.46. The number of benzene rings is 3. The number of hydrogen-bond donors (Lipinski definition) is 1. The molecule has 1 amide bonds. The van der Waals surface area contributed by atoms with Crippen LogP contribution in [0.15, 0.2) is 77.7 Å². The summed E-state index contributed by atoms with van der Waals surface area (Å²) in [6.07, 6.45) is 0.809. The molecule has 0 radical (unpaired) electrons. The first-order chi connectivity index (χ1) is 14.4. The molecule has 0 unspecified atom stereocenters. The standard InChI is InChI=1S/C23H24N2O4S/c1-4-17-7-5-6-8-22(17)24-23(26)18-9-11-19(12-10-18)25(2)30(27,28)21-15-13-20(29-3)14-16-21/h5-16H,4H2,1-3H3,(H,24,26). The molecule has 0 aliphatic heterocycles. The van der Waals surface area contributed by atoms with Crippen molar-refractivity contribution in [1.29, 1.82) is 0 Å². The molecule has 30 heavy (non-hydrogen) atoms. The van der Waals surface area contributed by atoms with Crippen molar-refractivity contribution in [3.8, 4) is 5.75 Å². The lowest BCUT2D eigenvalue weighted by Gasteiger charge is -2.20. The summed E-state index contributed by atoms with van der Waals surface area (Å²) in [5, 5.41) is 2.91. The number of rotatable bonds is 7. The van der Waals surface area contributed by atoms with Crippen LogP contribution in [0.2, 0.25) is 0 Å². The van der Waals surface area contributed by atoms with Crippen LogP contribution in [-0.2, 0) is 16.4 Å². The van der Waals surface area contributed by atoms with E-state index in [1.54, 1.807) is 36.4 Å². The molecule has 3 aromatic carbocycles. The van der Waals surface area contributed by atoms with Gasteiger partial charge in [0.25, 0.3) is 15.9 Å². The van der Waals surface area contributed by atoms with Crippen LogP contribution in [0.1, 0.15) is 22.8 Å². The maximum absolute atomic E-state index is 12.9. The van der Waals surface area contributed by atoms with E-state index < -0.39 is 10.0 Å². The number of nitrogens with one attached hydrogen (secondary N) is 1. The molecule has 6 nitrogen and oxygen atoms in total. The van der Waals surface area contributed by atoms with E-state index in [1.807, 2.05) is 31.2 Å². The van der Waals surface area contributed by atoms with Gasteiger partial charge in [-0.2, -0.15) is 0 Å². The van der Waals surface area contributed by atoms with Crippen molar-refractivity contribution < 1.29 is 17.9 Å². The van der Waals surface area contributed by atoms with Crippen LogP contribution >= 0.6 is 0 Å². The molecule has 0 saturated heterocycles. The van der Waals surface area contributed by atoms with Gasteiger partial charge < -0.3 is 10.1 Å². The second kappa shape index (κ2) is 9.00. The van der Waals surface area contributed by atoms with Crippen molar-refractivity contribution in [2.75, 3.05) is 23.8 Å². The number of methoxy groups -OCH3 is 1. The molecule has 1 N–H and O–H groups in total. The van der Waals surface area contributed by atoms with E-state index in [2.05, 4.69) is 5.32 Å². The van der Waals surface area contributed by atoms with Gasteiger partial charge in [-0.15, -0.1) is 0 Å². The highest BCUT2D eigenvalue weighted by Crippen LogP contribution is 2.24. The first-order valence-corrected chi connectivity index (χ1v) is 10.9. The summed E-state index contributed by atoms with van der Waals surface area (Å²) in [6, 6.07) is 20.3. The zero-order chi connectivity index (χ0) is 21.7. The van der Waals surface area contributed by atoms with Gasteiger partial charge in [-0.1, -0.05) is 25.1 Å². The minimum Gasteiger partial charge on any atom is -0.497 e. The smallest absolute Gasteiger partial charge is 0.264 e. The molecule has 3 aromatic rings. The van der Waals surface area contributed by atoms with Crippen LogP contribution in [0.3, 0.4) is 0 Å². The maximum Gasteiger partial charge on any atom is 0.264 e. The number of aryl methyl sites for hydroxylation is 1. The van der Waals surface area contributed by atoms with E-state index >= 15 is 0 Å². The van der Waals surface area contributed by atoms with Gasteiger partial charge in [0.05, 0.1) is 17.7 Å². The Balaban J connectivity index is 1.77. The number of nitrogens with zero attached hydrogens (tertiary/aromatic N) is 1. The maximum atomic E-state index is 12.9. The Bertz CT molecular complexity index is 1120. The molecular formula is C23H24N2O4S. The molecule has 0 heterocycles. The Kier molecular flexibility index (Phi) is 6.42. The van der Waals surface area contributed by atoms with Crippen molar-refractivity contribution in [2.45, 2.75) is 18.2 Å². The lowest BCUT2D eigenvalue weighted by atomic mass is 10.1. The highest BCUT2D eigenvalue weighted by molar-refractivity contribution is 7.92. The van der Waals surface area contributed by atoms with Gasteiger partial charge >= 0.3 is 0 Å². The highest BCUT2D eigenvalue weighted by Gasteiger charge is 2.21. The summed E-state index contributed by atoms with van der Waals surface area (Å²) in [4.78, 5) is 12.7. The molecule has 0 fully saturated rings. The number of sulfonamides is 1. The van der Waals surface area contributed by atoms with Crippen LogP contribution in [0.25, 0.3) is 0 Å². The summed E-state index contributed by atoms with van der Waals surface area (Å²) in [5.74, 6) is 0.333. The summed E-state index contributed by atoms with van der Waals surface area (Å²) < 4.78 is 32.0. The average molecular weight is 425 g/mol. The molecule has 0 saturated carbocycles. The van der Waals surface area contributed by atoms with Crippen LogP contribution in [0.4, 0.5) is 11.4 Å². The predicted octanol–water partition coefficient (Wildman–Crippen LogP) is 4.34. The van der Waals surface area contributed by atoms with Crippen molar-refractivity contribution in [2.24, 2.45) is 0 Å². The summed E-state index contributed by atoms with van der Waals surface area (Å²) in [7, 11) is -0.730. The fourth-order valence-corrected chi connectivity index (χ4v) is 4.21. The highest BCUT2D eigenvalue weighted by atomic mass is 32.2. The molecule has 7 heteroatoms. The molecular weight excluding hydrogens is 400 g/mol. The minimum atomic E-state index is -3.73. The molecule has 3 rings (SSSR count). The Hall–Kier alpha value is -3.32. The largest absolute Gasteiger partial charge is 0.497 e. The van der Waals surface area contributed by atoms with Gasteiger partial charge in [-0.25, -0.2) is 8.42 Å². The molecule has 156 valence electrons. The monoisotopic (exact) mass is 424 g/mol. The van der Waals surface area contributed by atoms with E-state index in [1.165, 1.54) is 30.6 Å². The SMILES string of the molecule is CCc1ccccc1NC(=O)c1ccc(N(C)S(=O)(=O)c2ccc(OC)cc2)cc1. The van der Waals surface area contributed by atoms with E-state index in [0.29, 0.717) is 17.0 Å². The first-order valence-electron chi connectivity index (χ1n) is 9.49. The molecule has 0 aromatic heterocycles. The van der Waals surface area contributed by atoms with Gasteiger partial charge in [-0.05, 0) is 66.6 Å². The van der Waals surface area contributed by atoms with Crippen molar-refractivity contribution >= 4 is 27.3 Å². The first kappa shape index (κ1) is 21.4. The number of para-hydroxylation sites is 1. The fourth-order valence-electron chi connectivity index (χ4n) is 3.01. The van der Waals surface area contributed by atoms with E-state index in [9.17, 15) is 13.2 Å². The lowest BCUT2D eigenvalue weighted by Crippen LogP contribution is -2.26. The quantitative estimate of drug-likeness (QED) is 0.612. The van der Waals surface area contributed by atoms with Crippen molar-refractivity contribution in [3.63, 3.8) is 0 Å². The molecule has 0 aliphatic rings. The average Bonchev–Trinajstić information content (AvgIpc) is 2.79. The Labute approximate surface area is 177 Å². The zero-order valence-corrected chi connectivity index (χ0v) is 17.9. The number of hydrogen-bond acceptors (Lipinski definition) is 4. The van der Waals surface area contributed by atoms with Crippen molar-refractivity contribution in [1.82, 2.24) is 0 Å². The van der Waals surface area contributed by atoms with E-state index in [4.69, 9.17) is 4.74 Å². The van der Waals surface area contributed by atoms with Gasteiger partial charge in [0.1, 0.15) is 5.75 Å². The normalized spacial score (nSPS) is 11.0. The van der Waals surface area contributed by atoms with E-state index in [-0.39, 0.29) is 10.8 Å². The Morgan fingerprint density at radius 3 is 2.20 bits per heavy atom. The number of carbonyl (C=O) groups is 1. The minimum absolute atomic E-state index is 0.156. The third-order valence-electron chi connectivity index (χ3n) is 4.86. The van der Waals surface area contributed by atoms with Crippen LogP contribution in [0, 0.1) is 0 Å². The molecule has 0 bridgehead atoms. The third-order valence-corrected chi connectivity index (χ3v) is 6.66. The van der Waals surface area contributed by atoms with Gasteiger partial charge in [0.15, 0.2) is 0 Å². The number of anilines is 2. The predicted molar refractivity (Wildman–Crippen MR) is 119 cm³/mol. The van der Waals surface area contributed by atoms with Gasteiger partial charge in [0.2, 0.25) is 0 Å². The second-order valence-electron chi connectivity index (χ2n) is 6.66. The Morgan fingerprint density at radius 2 is 1.60 bits per heavy atom. The molecule has 0 aliphatic carbocycles. The summed E-state index contributed by atoms with van der Waals surface area (Å²) >= 11 is 0. The number of carbonyl (C=O) groups excluding carboxylic acids is 1. The summed E-state index contributed by atoms with van der Waals surface area (Å²) in [6.45, 7) is 2.03. The fraction of sp³-hybridized carbons (Fsp3) is 0.174. The summed E-state index contributed by atoms with van der Waals surface area (Å²) in [5.41, 5.74) is 2.72. The van der Waals surface area contributed by atoms with Crippen molar-refractivity contribution in [3.05, 3.63) is 83.9 Å². The second-order valence-corrected chi connectivity index (χ2v) is 8.63.